The van der Waals surface area contributed by atoms with Gasteiger partial charge in [-0.05, 0) is 30.2 Å². The molecule has 1 fully saturated rings. The van der Waals surface area contributed by atoms with E-state index in [4.69, 9.17) is 5.11 Å². The second-order valence-corrected chi connectivity index (χ2v) is 6.49. The molecule has 0 spiro atoms. The molecular weight excluding hydrogens is 272 g/mol. The van der Waals surface area contributed by atoms with Crippen molar-refractivity contribution in [1.29, 1.82) is 0 Å². The van der Waals surface area contributed by atoms with Crippen LogP contribution < -0.4 is 0 Å². The zero-order chi connectivity index (χ0) is 13.9. The molecule has 1 aromatic carbocycles. The van der Waals surface area contributed by atoms with Gasteiger partial charge in [-0.3, -0.25) is 4.90 Å². The molecule has 20 heavy (non-hydrogen) atoms. The largest absolute Gasteiger partial charge is 0.465 e. The van der Waals surface area contributed by atoms with Crippen LogP contribution in [-0.4, -0.2) is 52.9 Å². The molecule has 0 aliphatic carbocycles. The van der Waals surface area contributed by atoms with Crippen LogP contribution in [0, 0.1) is 0 Å². The standard InChI is InChI=1S/C15H20N2O2S/c18-15(19)17-8-3-7-16(9-10-17)13-6-11-20-14-5-2-1-4-12(13)14/h1-2,4-5,13H,3,6-11H2,(H,18,19). The third-order valence-electron chi connectivity index (χ3n) is 4.17. The lowest BCUT2D eigenvalue weighted by Crippen LogP contribution is -2.36. The fourth-order valence-corrected chi connectivity index (χ4v) is 4.25. The summed E-state index contributed by atoms with van der Waals surface area (Å²) in [6.07, 6.45) is 1.30. The van der Waals surface area contributed by atoms with Gasteiger partial charge in [-0.1, -0.05) is 18.2 Å². The molecular formula is C15H20N2O2S. The van der Waals surface area contributed by atoms with Crippen molar-refractivity contribution in [1.82, 2.24) is 9.80 Å². The number of nitrogens with zero attached hydrogens (tertiary/aromatic N) is 2. The molecule has 0 bridgehead atoms. The monoisotopic (exact) mass is 292 g/mol. The van der Waals surface area contributed by atoms with Crippen LogP contribution >= 0.6 is 11.8 Å². The molecule has 5 heteroatoms. The van der Waals surface area contributed by atoms with Gasteiger partial charge in [0.2, 0.25) is 0 Å². The Morgan fingerprint density at radius 3 is 2.90 bits per heavy atom. The Morgan fingerprint density at radius 1 is 1.20 bits per heavy atom. The van der Waals surface area contributed by atoms with Gasteiger partial charge in [-0.25, -0.2) is 4.79 Å². The Morgan fingerprint density at radius 2 is 2.05 bits per heavy atom. The Kier molecular flexibility index (Phi) is 4.17. The number of hydrogen-bond acceptors (Lipinski definition) is 3. The third-order valence-corrected chi connectivity index (χ3v) is 5.29. The normalized spacial score (nSPS) is 24.0. The van der Waals surface area contributed by atoms with Crippen LogP contribution in [0.25, 0.3) is 0 Å². The zero-order valence-corrected chi connectivity index (χ0v) is 12.3. The van der Waals surface area contributed by atoms with Crippen molar-refractivity contribution in [2.45, 2.75) is 23.8 Å². The van der Waals surface area contributed by atoms with Gasteiger partial charge in [0.15, 0.2) is 0 Å². The summed E-state index contributed by atoms with van der Waals surface area (Å²) < 4.78 is 0. The van der Waals surface area contributed by atoms with Crippen molar-refractivity contribution in [3.8, 4) is 0 Å². The summed E-state index contributed by atoms with van der Waals surface area (Å²) in [5.74, 6) is 1.15. The van der Waals surface area contributed by atoms with Crippen LogP contribution in [0.15, 0.2) is 29.2 Å². The average Bonchev–Trinajstić information content (AvgIpc) is 2.72. The first-order chi connectivity index (χ1) is 9.75. The van der Waals surface area contributed by atoms with Gasteiger partial charge >= 0.3 is 6.09 Å². The van der Waals surface area contributed by atoms with Crippen molar-refractivity contribution in [3.63, 3.8) is 0 Å². The Hall–Kier alpha value is -1.20. The molecule has 1 amide bonds. The maximum Gasteiger partial charge on any atom is 0.407 e. The molecule has 2 heterocycles. The molecule has 1 N–H and O–H groups in total. The molecule has 1 unspecified atom stereocenters. The van der Waals surface area contributed by atoms with E-state index in [1.165, 1.54) is 10.5 Å². The lowest BCUT2D eigenvalue weighted by molar-refractivity contribution is 0.143. The molecule has 0 radical (unpaired) electrons. The number of hydrogen-bond donors (Lipinski definition) is 1. The second kappa shape index (κ2) is 6.06. The van der Waals surface area contributed by atoms with Crippen molar-refractivity contribution in [2.75, 3.05) is 31.9 Å². The van der Waals surface area contributed by atoms with E-state index in [0.717, 1.165) is 31.7 Å². The second-order valence-electron chi connectivity index (χ2n) is 5.35. The predicted octanol–water partition coefficient (Wildman–Crippen LogP) is 2.91. The summed E-state index contributed by atoms with van der Waals surface area (Å²) >= 11 is 1.94. The first-order valence-electron chi connectivity index (χ1n) is 7.19. The van der Waals surface area contributed by atoms with Crippen LogP contribution in [-0.2, 0) is 0 Å². The molecule has 108 valence electrons. The van der Waals surface area contributed by atoms with E-state index in [-0.39, 0.29) is 0 Å². The van der Waals surface area contributed by atoms with Crippen LogP contribution in [0.2, 0.25) is 0 Å². The Bertz CT molecular complexity index is 495. The fourth-order valence-electron chi connectivity index (χ4n) is 3.14. The van der Waals surface area contributed by atoms with E-state index in [1.807, 2.05) is 11.8 Å². The SMILES string of the molecule is O=C(O)N1CCCN(C2CCSc3ccccc32)CC1. The minimum Gasteiger partial charge on any atom is -0.465 e. The van der Waals surface area contributed by atoms with Crippen molar-refractivity contribution in [3.05, 3.63) is 29.8 Å². The van der Waals surface area contributed by atoms with Gasteiger partial charge in [-0.2, -0.15) is 0 Å². The van der Waals surface area contributed by atoms with Gasteiger partial charge < -0.3 is 10.0 Å². The molecule has 2 aliphatic rings. The maximum absolute atomic E-state index is 11.1. The van der Waals surface area contributed by atoms with Crippen LogP contribution in [0.5, 0.6) is 0 Å². The predicted molar refractivity (Wildman–Crippen MR) is 80.3 cm³/mol. The lowest BCUT2D eigenvalue weighted by atomic mass is 10.0. The van der Waals surface area contributed by atoms with Gasteiger partial charge in [-0.15, -0.1) is 11.8 Å². The van der Waals surface area contributed by atoms with E-state index in [9.17, 15) is 4.79 Å². The molecule has 4 nitrogen and oxygen atoms in total. The van der Waals surface area contributed by atoms with Gasteiger partial charge in [0, 0.05) is 37.1 Å². The van der Waals surface area contributed by atoms with Crippen LogP contribution in [0.1, 0.15) is 24.4 Å². The first kappa shape index (κ1) is 13.8. The summed E-state index contributed by atoms with van der Waals surface area (Å²) in [6, 6.07) is 9.10. The number of amides is 1. The highest BCUT2D eigenvalue weighted by Gasteiger charge is 2.28. The first-order valence-corrected chi connectivity index (χ1v) is 8.18. The third kappa shape index (κ3) is 2.79. The quantitative estimate of drug-likeness (QED) is 0.864. The lowest BCUT2D eigenvalue weighted by Gasteiger charge is -2.34. The highest BCUT2D eigenvalue weighted by atomic mass is 32.2. The van der Waals surface area contributed by atoms with Crippen molar-refractivity contribution in [2.24, 2.45) is 0 Å². The topological polar surface area (TPSA) is 43.8 Å². The summed E-state index contributed by atoms with van der Waals surface area (Å²) in [4.78, 5) is 16.5. The zero-order valence-electron chi connectivity index (χ0n) is 11.5. The van der Waals surface area contributed by atoms with E-state index >= 15 is 0 Å². The Labute approximate surface area is 123 Å². The molecule has 1 atom stereocenters. The molecule has 1 aromatic rings. The molecule has 0 saturated carbocycles. The van der Waals surface area contributed by atoms with Gasteiger partial charge in [0.1, 0.15) is 0 Å². The number of carboxylic acid groups (broad SMARTS) is 1. The van der Waals surface area contributed by atoms with Crippen LogP contribution in [0.3, 0.4) is 0 Å². The number of rotatable bonds is 1. The van der Waals surface area contributed by atoms with Crippen molar-refractivity contribution >= 4 is 17.9 Å². The molecule has 2 aliphatic heterocycles. The minimum atomic E-state index is -0.786. The number of benzene rings is 1. The van der Waals surface area contributed by atoms with E-state index in [1.54, 1.807) is 4.90 Å². The summed E-state index contributed by atoms with van der Waals surface area (Å²) in [5.41, 5.74) is 1.42. The van der Waals surface area contributed by atoms with Gasteiger partial charge in [0.25, 0.3) is 0 Å². The van der Waals surface area contributed by atoms with Gasteiger partial charge in [0.05, 0.1) is 0 Å². The fraction of sp³-hybridized carbons (Fsp3) is 0.533. The number of thioether (sulfide) groups is 1. The molecule has 3 rings (SSSR count). The maximum atomic E-state index is 11.1. The van der Waals surface area contributed by atoms with E-state index < -0.39 is 6.09 Å². The van der Waals surface area contributed by atoms with Crippen LogP contribution in [0.4, 0.5) is 4.79 Å². The minimum absolute atomic E-state index is 0.459. The van der Waals surface area contributed by atoms with E-state index in [0.29, 0.717) is 19.1 Å². The smallest absolute Gasteiger partial charge is 0.407 e. The number of carbonyl (C=O) groups is 1. The summed E-state index contributed by atoms with van der Waals surface area (Å²) in [6.45, 7) is 3.12. The molecule has 0 aromatic heterocycles. The Balaban J connectivity index is 1.75. The highest BCUT2D eigenvalue weighted by Crippen LogP contribution is 2.39. The average molecular weight is 292 g/mol. The van der Waals surface area contributed by atoms with E-state index in [2.05, 4.69) is 29.2 Å². The van der Waals surface area contributed by atoms with Crippen molar-refractivity contribution < 1.29 is 9.90 Å². The summed E-state index contributed by atoms with van der Waals surface area (Å²) in [5, 5.41) is 9.12. The summed E-state index contributed by atoms with van der Waals surface area (Å²) in [7, 11) is 0. The highest BCUT2D eigenvalue weighted by molar-refractivity contribution is 7.99. The molecule has 1 saturated heterocycles. The number of fused-ring (bicyclic) bond motifs is 1.